The number of benzene rings is 4. The highest BCUT2D eigenvalue weighted by Crippen LogP contribution is 2.37. The number of alkyl halides is 3. The number of fused-ring (bicyclic) bond motifs is 2. The molecule has 0 radical (unpaired) electrons. The molecule has 4 aromatic carbocycles. The molecule has 10 rings (SSSR count). The van der Waals surface area contributed by atoms with E-state index < -0.39 is 46.8 Å². The normalized spacial score (nSPS) is 20.1. The van der Waals surface area contributed by atoms with Gasteiger partial charge in [-0.05, 0) is 160 Å². The van der Waals surface area contributed by atoms with Crippen LogP contribution in [0.25, 0.3) is 34.0 Å². The smallest absolute Gasteiger partial charge is 0.389 e. The maximum atomic E-state index is 13.4. The Morgan fingerprint density at radius 1 is 0.579 bits per heavy atom. The summed E-state index contributed by atoms with van der Waals surface area (Å²) in [6.07, 6.45) is 8.35. The predicted molar refractivity (Wildman–Crippen MR) is 283 cm³/mol. The molecule has 2 unspecified atom stereocenters. The van der Waals surface area contributed by atoms with Crippen LogP contribution in [0.5, 0.6) is 0 Å². The maximum Gasteiger partial charge on any atom is 0.416 e. The summed E-state index contributed by atoms with van der Waals surface area (Å²) in [5, 5.41) is 46.7. The summed E-state index contributed by atoms with van der Waals surface area (Å²) in [5.74, 6) is -1.56. The third-order valence-corrected chi connectivity index (χ3v) is 16.3. The Morgan fingerprint density at radius 2 is 1.01 bits per heavy atom. The first-order chi connectivity index (χ1) is 36.4. The molecule has 404 valence electrons. The van der Waals surface area contributed by atoms with Crippen molar-refractivity contribution in [3.8, 4) is 0 Å². The minimum absolute atomic E-state index is 0.239. The van der Waals surface area contributed by atoms with Crippen LogP contribution in [0.15, 0.2) is 116 Å². The predicted octanol–water partition coefficient (Wildman–Crippen LogP) is 8.85. The van der Waals surface area contributed by atoms with Crippen LogP contribution in [0.2, 0.25) is 0 Å². The van der Waals surface area contributed by atoms with Gasteiger partial charge in [0.05, 0.1) is 29.0 Å². The first-order valence-electron chi connectivity index (χ1n) is 26.4. The molecule has 0 bridgehead atoms. The van der Waals surface area contributed by atoms with Crippen molar-refractivity contribution < 1.29 is 52.0 Å². The van der Waals surface area contributed by atoms with E-state index in [4.69, 9.17) is 0 Å². The Morgan fingerprint density at radius 3 is 1.45 bits per heavy atom. The van der Waals surface area contributed by atoms with Crippen molar-refractivity contribution in [2.75, 3.05) is 65.4 Å². The minimum Gasteiger partial charge on any atom is -0.389 e. The zero-order chi connectivity index (χ0) is 53.6. The lowest BCUT2D eigenvalue weighted by Gasteiger charge is -2.43. The molecule has 4 aliphatic rings. The largest absolute Gasteiger partial charge is 0.416 e. The number of carbonyl (C=O) groups is 2. The number of rotatable bonds is 12. The van der Waals surface area contributed by atoms with Crippen molar-refractivity contribution in [2.45, 2.75) is 92.8 Å². The average Bonchev–Trinajstić information content (AvgIpc) is 4.07. The van der Waals surface area contributed by atoms with Crippen LogP contribution in [-0.2, 0) is 15.8 Å². The van der Waals surface area contributed by atoms with E-state index in [0.717, 1.165) is 87.2 Å². The Kier molecular flexibility index (Phi) is 16.9. The van der Waals surface area contributed by atoms with Gasteiger partial charge in [-0.1, -0.05) is 54.6 Å². The second-order valence-electron chi connectivity index (χ2n) is 21.1. The number of aromatic nitrogens is 2. The number of nitrogens with zero attached hydrogens (tertiary/aromatic N) is 4. The third kappa shape index (κ3) is 13.0. The van der Waals surface area contributed by atoms with Crippen LogP contribution >= 0.6 is 0 Å². The maximum absolute atomic E-state index is 13.4. The van der Waals surface area contributed by atoms with E-state index >= 15 is 0 Å². The lowest BCUT2D eigenvalue weighted by atomic mass is 9.84. The van der Waals surface area contributed by atoms with Gasteiger partial charge < -0.3 is 50.0 Å². The summed E-state index contributed by atoms with van der Waals surface area (Å²) >= 11 is 0. The molecule has 76 heavy (non-hydrogen) atoms. The van der Waals surface area contributed by atoms with E-state index in [9.17, 15) is 52.0 Å². The van der Waals surface area contributed by atoms with E-state index in [0.29, 0.717) is 43.6 Å². The topological polar surface area (TPSA) is 160 Å². The molecule has 6 heterocycles. The van der Waals surface area contributed by atoms with E-state index in [1.54, 1.807) is 9.80 Å². The number of β-amino-alcohol motifs (C(OH)–C–C–N with tert-alkyl or cyclic N) is 2. The van der Waals surface area contributed by atoms with Gasteiger partial charge in [0.2, 0.25) is 11.8 Å². The van der Waals surface area contributed by atoms with Crippen LogP contribution in [0.4, 0.5) is 22.0 Å². The number of likely N-dealkylation sites (tertiary alicyclic amines) is 4. The van der Waals surface area contributed by atoms with Crippen molar-refractivity contribution in [2.24, 2.45) is 0 Å². The number of aliphatic hydroxyl groups excluding tert-OH is 2. The summed E-state index contributed by atoms with van der Waals surface area (Å²) in [6, 6.07) is 24.9. The molecule has 6 aromatic rings. The van der Waals surface area contributed by atoms with E-state index in [1.165, 1.54) is 64.4 Å². The first kappa shape index (κ1) is 54.6. The molecule has 2 atom stereocenters. The number of halogens is 5. The number of hydrogen-bond donors (Lipinski definition) is 6. The number of H-pyrrole nitrogens is 2. The number of aromatic amines is 2. The van der Waals surface area contributed by atoms with Crippen molar-refractivity contribution in [1.29, 1.82) is 0 Å². The van der Waals surface area contributed by atoms with E-state index in [-0.39, 0.29) is 56.2 Å². The minimum atomic E-state index is -4.45. The fourth-order valence-corrected chi connectivity index (χ4v) is 11.4. The SMILES string of the molecule is O=C(/C=C/c1ccc(F)c(F)c1)N1CCC(O)(C(O)CN2CCC(c3c[nH]c4ccccc34)CC2)CC1.O=C(/C=C/c1cccc(C(F)(F)F)c1)N1CCC(O)(C(O)CN2CCC(c3c[nH]c4ccccc34)CC2)CC1. The molecule has 2 amide bonds. The number of para-hydroxylation sites is 2. The number of nitrogens with one attached hydrogen (secondary N) is 2. The molecule has 4 fully saturated rings. The van der Waals surface area contributed by atoms with Gasteiger partial charge in [-0.2, -0.15) is 13.2 Å². The Bertz CT molecular complexity index is 2990. The molecule has 17 heteroatoms. The molecule has 4 aliphatic heterocycles. The van der Waals surface area contributed by atoms with Gasteiger partial charge in [-0.15, -0.1) is 0 Å². The number of aliphatic hydroxyl groups is 4. The second-order valence-corrected chi connectivity index (χ2v) is 21.1. The van der Waals surface area contributed by atoms with Gasteiger partial charge in [-0.3, -0.25) is 9.59 Å². The van der Waals surface area contributed by atoms with Gasteiger partial charge in [0.1, 0.15) is 0 Å². The second kappa shape index (κ2) is 23.6. The van der Waals surface area contributed by atoms with Gasteiger partial charge >= 0.3 is 6.18 Å². The Balaban J connectivity index is 0.000000186. The van der Waals surface area contributed by atoms with Gasteiger partial charge in [0, 0.05) is 85.6 Å². The number of amides is 2. The summed E-state index contributed by atoms with van der Waals surface area (Å²) in [4.78, 5) is 39.5. The zero-order valence-electron chi connectivity index (χ0n) is 42.4. The quantitative estimate of drug-likeness (QED) is 0.0524. The molecule has 12 nitrogen and oxygen atoms in total. The molecule has 2 aromatic heterocycles. The highest BCUT2D eigenvalue weighted by Gasteiger charge is 2.42. The number of carbonyl (C=O) groups excluding carboxylic acids is 2. The third-order valence-electron chi connectivity index (χ3n) is 16.3. The molecule has 0 spiro atoms. The zero-order valence-corrected chi connectivity index (χ0v) is 42.4. The van der Waals surface area contributed by atoms with Gasteiger partial charge in [0.15, 0.2) is 11.6 Å². The molecule has 4 saturated heterocycles. The fourth-order valence-electron chi connectivity index (χ4n) is 11.4. The van der Waals surface area contributed by atoms with Crippen LogP contribution in [-0.4, -0.2) is 151 Å². The lowest BCUT2D eigenvalue weighted by molar-refractivity contribution is -0.140. The highest BCUT2D eigenvalue weighted by molar-refractivity contribution is 5.92. The first-order valence-corrected chi connectivity index (χ1v) is 26.4. The van der Waals surface area contributed by atoms with Crippen molar-refractivity contribution in [3.05, 3.63) is 155 Å². The van der Waals surface area contributed by atoms with Crippen LogP contribution in [0.1, 0.15) is 91.0 Å². The van der Waals surface area contributed by atoms with Crippen molar-refractivity contribution in [1.82, 2.24) is 29.6 Å². The molecule has 0 aliphatic carbocycles. The fraction of sp³-hybridized carbons (Fsp3) is 0.424. The summed E-state index contributed by atoms with van der Waals surface area (Å²) in [5.41, 5.74) is 2.37. The molecular formula is C59H67F5N6O6. The Hall–Kier alpha value is -6.21. The van der Waals surface area contributed by atoms with Gasteiger partial charge in [0.25, 0.3) is 0 Å². The highest BCUT2D eigenvalue weighted by atomic mass is 19.4. The van der Waals surface area contributed by atoms with Crippen LogP contribution in [0, 0.1) is 11.6 Å². The summed E-state index contributed by atoms with van der Waals surface area (Å²) in [7, 11) is 0. The standard InChI is InChI=1S/C30H34F3N3O3.C29H33F2N3O3/c31-30(32,33)23-5-3-4-21(18-23)8-9-28(38)36-16-12-29(39,13-17-36)27(37)20-35-14-10-22(11-15-35)25-19-34-26-7-2-1-6-24(25)26;30-24-7-5-20(17-25(24)31)6-8-28(36)34-15-11-29(37,12-16-34)27(35)19-33-13-9-21(10-14-33)23-18-32-26-4-2-1-3-22(23)26/h1-9,18-19,22,27,34,37,39H,10-17,20H2;1-8,17-18,21,27,32,35,37H,9-16,19H2/b9-8+;8-6+. The number of hydrogen-bond acceptors (Lipinski definition) is 8. The van der Waals surface area contributed by atoms with E-state index in [1.807, 2.05) is 12.1 Å². The summed E-state index contributed by atoms with van der Waals surface area (Å²) in [6.45, 7) is 5.33. The lowest BCUT2D eigenvalue weighted by Crippen LogP contribution is -2.56. The van der Waals surface area contributed by atoms with Gasteiger partial charge in [-0.25, -0.2) is 8.78 Å². The van der Waals surface area contributed by atoms with Crippen molar-refractivity contribution >= 4 is 45.8 Å². The average molecular weight is 1050 g/mol. The molecule has 6 N–H and O–H groups in total. The number of piperidine rings is 4. The summed E-state index contributed by atoms with van der Waals surface area (Å²) < 4.78 is 65.2. The van der Waals surface area contributed by atoms with Crippen LogP contribution in [0.3, 0.4) is 0 Å². The van der Waals surface area contributed by atoms with Crippen molar-refractivity contribution in [3.63, 3.8) is 0 Å². The van der Waals surface area contributed by atoms with E-state index in [2.05, 4.69) is 68.6 Å². The Labute approximate surface area is 439 Å². The van der Waals surface area contributed by atoms with Crippen LogP contribution < -0.4 is 0 Å². The monoisotopic (exact) mass is 1050 g/mol. The molecule has 0 saturated carbocycles. The molecular weight excluding hydrogens is 984 g/mol.